The first-order valence-electron chi connectivity index (χ1n) is 5.02. The van der Waals surface area contributed by atoms with Crippen LogP contribution in [0.5, 0.6) is 0 Å². The minimum absolute atomic E-state index is 0.137. The van der Waals surface area contributed by atoms with E-state index in [-0.39, 0.29) is 11.9 Å². The highest BCUT2D eigenvalue weighted by atomic mass is 16.6. The molecule has 1 N–H and O–H groups in total. The number of hydrogen-bond donors (Lipinski definition) is 1. The van der Waals surface area contributed by atoms with E-state index in [0.29, 0.717) is 13.0 Å². The van der Waals surface area contributed by atoms with Crippen LogP contribution in [-0.2, 0) is 14.3 Å². The van der Waals surface area contributed by atoms with Crippen molar-refractivity contribution in [3.8, 4) is 0 Å². The van der Waals surface area contributed by atoms with Crippen LogP contribution < -0.4 is 5.32 Å². The summed E-state index contributed by atoms with van der Waals surface area (Å²) in [6, 6.07) is 0. The lowest BCUT2D eigenvalue weighted by Crippen LogP contribution is -2.45. The minimum Gasteiger partial charge on any atom is -0.464 e. The van der Waals surface area contributed by atoms with Gasteiger partial charge >= 0.3 is 12.1 Å². The maximum Gasteiger partial charge on any atom is 0.408 e. The van der Waals surface area contributed by atoms with Crippen molar-refractivity contribution < 1.29 is 19.1 Å². The number of ether oxygens (including phenoxy) is 2. The summed E-state index contributed by atoms with van der Waals surface area (Å²) in [7, 11) is 0. The summed E-state index contributed by atoms with van der Waals surface area (Å²) >= 11 is 0. The van der Waals surface area contributed by atoms with Crippen molar-refractivity contribution in [1.29, 1.82) is 0 Å². The Bertz CT molecular complexity index is 320. The summed E-state index contributed by atoms with van der Waals surface area (Å²) in [6.07, 6.45) is 0.120. The van der Waals surface area contributed by atoms with Crippen LogP contribution in [0.4, 0.5) is 4.79 Å². The molecule has 1 saturated heterocycles. The molecule has 84 valence electrons. The van der Waals surface area contributed by atoms with E-state index < -0.39 is 17.2 Å². The van der Waals surface area contributed by atoms with Crippen LogP contribution in [0, 0.1) is 5.92 Å². The fraction of sp³-hybridized carbons (Fsp3) is 0.800. The van der Waals surface area contributed by atoms with E-state index in [1.54, 1.807) is 20.8 Å². The summed E-state index contributed by atoms with van der Waals surface area (Å²) in [5, 5.41) is 2.60. The summed E-state index contributed by atoms with van der Waals surface area (Å²) in [5.74, 6) is -0.198. The van der Waals surface area contributed by atoms with Gasteiger partial charge in [-0.05, 0) is 27.2 Å². The molecule has 0 radical (unpaired) electrons. The van der Waals surface area contributed by atoms with Crippen LogP contribution in [0.15, 0.2) is 0 Å². The standard InChI is InChI=1S/C10H15NO4/c1-9(2,3)15-8(13)11-10-4-6(10)5-14-7(10)12/h6H,4-5H2,1-3H3,(H,11,13)/t6-,10+/m0/s1. The first-order chi connectivity index (χ1) is 6.83. The molecule has 15 heavy (non-hydrogen) atoms. The average molecular weight is 213 g/mol. The van der Waals surface area contributed by atoms with Gasteiger partial charge in [-0.2, -0.15) is 0 Å². The van der Waals surface area contributed by atoms with Gasteiger partial charge in [-0.3, -0.25) is 0 Å². The van der Waals surface area contributed by atoms with Crippen molar-refractivity contribution in [2.45, 2.75) is 38.3 Å². The van der Waals surface area contributed by atoms with Gasteiger partial charge in [-0.25, -0.2) is 9.59 Å². The predicted octanol–water partition coefficient (Wildman–Crippen LogP) is 0.827. The molecule has 2 aliphatic rings. The van der Waals surface area contributed by atoms with Crippen molar-refractivity contribution in [2.24, 2.45) is 5.92 Å². The third kappa shape index (κ3) is 1.78. The SMILES string of the molecule is CC(C)(C)OC(=O)N[C@]12C[C@H]1COC2=O. The van der Waals surface area contributed by atoms with Crippen LogP contribution in [-0.4, -0.2) is 29.8 Å². The molecule has 0 aromatic rings. The molecule has 0 unspecified atom stereocenters. The van der Waals surface area contributed by atoms with Crippen molar-refractivity contribution in [2.75, 3.05) is 6.61 Å². The Morgan fingerprint density at radius 3 is 2.67 bits per heavy atom. The van der Waals surface area contributed by atoms with Gasteiger partial charge in [0.25, 0.3) is 0 Å². The molecule has 2 fully saturated rings. The van der Waals surface area contributed by atoms with Gasteiger partial charge in [0.2, 0.25) is 0 Å². The van der Waals surface area contributed by atoms with E-state index in [0.717, 1.165) is 0 Å². The number of alkyl carbamates (subject to hydrolysis) is 1. The maximum absolute atomic E-state index is 11.5. The fourth-order valence-electron chi connectivity index (χ4n) is 1.78. The van der Waals surface area contributed by atoms with Gasteiger partial charge in [0, 0.05) is 5.92 Å². The molecule has 5 nitrogen and oxygen atoms in total. The number of esters is 1. The second-order valence-electron chi connectivity index (χ2n) is 5.10. The Labute approximate surface area is 88.1 Å². The zero-order valence-electron chi connectivity index (χ0n) is 9.12. The normalized spacial score (nSPS) is 33.0. The van der Waals surface area contributed by atoms with Crippen molar-refractivity contribution in [1.82, 2.24) is 5.32 Å². The van der Waals surface area contributed by atoms with Crippen LogP contribution >= 0.6 is 0 Å². The second kappa shape index (κ2) is 2.87. The highest BCUT2D eigenvalue weighted by molar-refractivity contribution is 5.91. The van der Waals surface area contributed by atoms with Crippen molar-refractivity contribution >= 4 is 12.1 Å². The van der Waals surface area contributed by atoms with Crippen LogP contribution in [0.1, 0.15) is 27.2 Å². The molecule has 0 spiro atoms. The van der Waals surface area contributed by atoms with Gasteiger partial charge in [-0.15, -0.1) is 0 Å². The van der Waals surface area contributed by atoms with E-state index in [9.17, 15) is 9.59 Å². The molecular weight excluding hydrogens is 198 g/mol. The lowest BCUT2D eigenvalue weighted by atomic mass is 10.2. The van der Waals surface area contributed by atoms with Crippen molar-refractivity contribution in [3.63, 3.8) is 0 Å². The molecule has 0 aromatic heterocycles. The van der Waals surface area contributed by atoms with Gasteiger partial charge in [-0.1, -0.05) is 0 Å². The van der Waals surface area contributed by atoms with Crippen LogP contribution in [0.25, 0.3) is 0 Å². The highest BCUT2D eigenvalue weighted by Gasteiger charge is 2.67. The van der Waals surface area contributed by atoms with Crippen LogP contribution in [0.3, 0.4) is 0 Å². The highest BCUT2D eigenvalue weighted by Crippen LogP contribution is 2.49. The Morgan fingerprint density at radius 1 is 1.60 bits per heavy atom. The number of hydrogen-bond acceptors (Lipinski definition) is 4. The number of carbonyl (C=O) groups is 2. The van der Waals surface area contributed by atoms with E-state index in [1.165, 1.54) is 0 Å². The largest absolute Gasteiger partial charge is 0.464 e. The monoisotopic (exact) mass is 213 g/mol. The topological polar surface area (TPSA) is 64.6 Å². The quantitative estimate of drug-likeness (QED) is 0.655. The van der Waals surface area contributed by atoms with Gasteiger partial charge in [0.05, 0.1) is 6.61 Å². The summed E-state index contributed by atoms with van der Waals surface area (Å²) < 4.78 is 9.92. The Balaban J connectivity index is 1.93. The number of carbonyl (C=O) groups excluding carboxylic acids is 2. The maximum atomic E-state index is 11.5. The summed E-state index contributed by atoms with van der Waals surface area (Å²) in [5.41, 5.74) is -1.32. The van der Waals surface area contributed by atoms with Gasteiger partial charge < -0.3 is 14.8 Å². The van der Waals surface area contributed by atoms with E-state index in [4.69, 9.17) is 9.47 Å². The number of amides is 1. The molecule has 0 bridgehead atoms. The molecule has 0 aromatic carbocycles. The first kappa shape index (κ1) is 10.3. The van der Waals surface area contributed by atoms with E-state index in [2.05, 4.69) is 5.32 Å². The zero-order valence-corrected chi connectivity index (χ0v) is 9.12. The van der Waals surface area contributed by atoms with E-state index in [1.807, 2.05) is 0 Å². The molecule has 1 aliphatic heterocycles. The number of nitrogens with one attached hydrogen (secondary N) is 1. The average Bonchev–Trinajstić information content (AvgIpc) is 2.64. The molecule has 2 rings (SSSR count). The van der Waals surface area contributed by atoms with E-state index >= 15 is 0 Å². The lowest BCUT2D eigenvalue weighted by molar-refractivity contribution is -0.142. The predicted molar refractivity (Wildman–Crippen MR) is 51.2 cm³/mol. The minimum atomic E-state index is -0.775. The fourth-order valence-corrected chi connectivity index (χ4v) is 1.78. The molecule has 2 atom stereocenters. The zero-order chi connectivity index (χ0) is 11.3. The molecule has 1 aliphatic carbocycles. The summed E-state index contributed by atoms with van der Waals surface area (Å²) in [4.78, 5) is 22.8. The number of rotatable bonds is 1. The van der Waals surface area contributed by atoms with Crippen LogP contribution in [0.2, 0.25) is 0 Å². The second-order valence-corrected chi connectivity index (χ2v) is 5.10. The number of fused-ring (bicyclic) bond motifs is 1. The van der Waals surface area contributed by atoms with Crippen molar-refractivity contribution in [3.05, 3.63) is 0 Å². The molecule has 1 saturated carbocycles. The molecular formula is C10H15NO4. The molecule has 1 heterocycles. The first-order valence-corrected chi connectivity index (χ1v) is 5.02. The van der Waals surface area contributed by atoms with Gasteiger partial charge in [0.1, 0.15) is 11.1 Å². The third-order valence-electron chi connectivity index (χ3n) is 2.61. The molecule has 5 heteroatoms. The van der Waals surface area contributed by atoms with Gasteiger partial charge in [0.15, 0.2) is 0 Å². The Morgan fingerprint density at radius 2 is 2.27 bits per heavy atom. The lowest BCUT2D eigenvalue weighted by Gasteiger charge is -2.21. The smallest absolute Gasteiger partial charge is 0.408 e. The Hall–Kier alpha value is -1.26. The Kier molecular flexibility index (Phi) is 1.96. The summed E-state index contributed by atoms with van der Waals surface area (Å²) in [6.45, 7) is 5.75. The number of cyclic esters (lactones) is 1. The molecule has 1 amide bonds. The third-order valence-corrected chi connectivity index (χ3v) is 2.61.